The fourth-order valence-corrected chi connectivity index (χ4v) is 2.04. The lowest BCUT2D eigenvalue weighted by Crippen LogP contribution is -2.47. The Hall–Kier alpha value is -1.04. The highest BCUT2D eigenvalue weighted by Crippen LogP contribution is 2.13. The van der Waals surface area contributed by atoms with Crippen LogP contribution in [0.5, 0.6) is 0 Å². The van der Waals surface area contributed by atoms with Gasteiger partial charge in [-0.25, -0.2) is 0 Å². The van der Waals surface area contributed by atoms with Gasteiger partial charge in [0.1, 0.15) is 0 Å². The minimum atomic E-state index is -1.39. The summed E-state index contributed by atoms with van der Waals surface area (Å²) < 4.78 is 0. The Balaban J connectivity index is 2.19. The van der Waals surface area contributed by atoms with E-state index in [0.29, 0.717) is 5.46 Å². The first-order valence-corrected chi connectivity index (χ1v) is 5.57. The monoisotopic (exact) mass is 220 g/mol. The molecule has 2 rings (SSSR count). The molecule has 1 aromatic rings. The van der Waals surface area contributed by atoms with Gasteiger partial charge in [0, 0.05) is 37.3 Å². The van der Waals surface area contributed by atoms with E-state index in [-0.39, 0.29) is 0 Å². The topological polar surface area (TPSA) is 46.9 Å². The van der Waals surface area contributed by atoms with Crippen LogP contribution in [0.4, 0.5) is 5.69 Å². The molecule has 0 radical (unpaired) electrons. The fraction of sp³-hybridized carbons (Fsp3) is 0.455. The molecule has 1 heterocycles. The summed E-state index contributed by atoms with van der Waals surface area (Å²) in [4.78, 5) is 4.48. The average molecular weight is 220 g/mol. The van der Waals surface area contributed by atoms with E-state index in [1.807, 2.05) is 18.2 Å². The van der Waals surface area contributed by atoms with Gasteiger partial charge in [0.05, 0.1) is 0 Å². The van der Waals surface area contributed by atoms with E-state index in [2.05, 4.69) is 16.8 Å². The zero-order valence-corrected chi connectivity index (χ0v) is 9.50. The van der Waals surface area contributed by atoms with Gasteiger partial charge in [0.15, 0.2) is 0 Å². The first-order valence-electron chi connectivity index (χ1n) is 5.57. The van der Waals surface area contributed by atoms with E-state index in [1.165, 1.54) is 0 Å². The third-order valence-electron chi connectivity index (χ3n) is 3.06. The van der Waals surface area contributed by atoms with E-state index in [4.69, 9.17) is 0 Å². The van der Waals surface area contributed by atoms with Crippen LogP contribution in [0.3, 0.4) is 0 Å². The van der Waals surface area contributed by atoms with Crippen LogP contribution in [0.1, 0.15) is 0 Å². The van der Waals surface area contributed by atoms with Gasteiger partial charge in [-0.15, -0.1) is 0 Å². The zero-order chi connectivity index (χ0) is 11.5. The van der Waals surface area contributed by atoms with E-state index in [1.54, 1.807) is 6.07 Å². The number of hydrogen-bond acceptors (Lipinski definition) is 4. The first-order chi connectivity index (χ1) is 7.68. The lowest BCUT2D eigenvalue weighted by atomic mass is 9.78. The molecule has 1 saturated heterocycles. The van der Waals surface area contributed by atoms with Crippen LogP contribution in [-0.4, -0.2) is 55.3 Å². The van der Waals surface area contributed by atoms with Crippen molar-refractivity contribution in [2.45, 2.75) is 0 Å². The minimum Gasteiger partial charge on any atom is -0.423 e. The highest BCUT2D eigenvalue weighted by Gasteiger charge is 2.21. The number of piperazine rings is 1. The van der Waals surface area contributed by atoms with Crippen molar-refractivity contribution in [1.82, 2.24) is 4.90 Å². The number of rotatable bonds is 2. The van der Waals surface area contributed by atoms with Gasteiger partial charge >= 0.3 is 7.12 Å². The van der Waals surface area contributed by atoms with Crippen molar-refractivity contribution >= 4 is 18.3 Å². The second kappa shape index (κ2) is 4.87. The maximum absolute atomic E-state index is 9.31. The van der Waals surface area contributed by atoms with Crippen LogP contribution in [0, 0.1) is 0 Å². The molecule has 1 aliphatic rings. The first kappa shape index (κ1) is 11.5. The van der Waals surface area contributed by atoms with Crippen LogP contribution >= 0.6 is 0 Å². The second-order valence-electron chi connectivity index (χ2n) is 4.22. The standard InChI is InChI=1S/C11H17BN2O2/c1-13-6-8-14(9-7-13)11-5-3-2-4-10(11)12(15)16/h2-5,15-16H,6-9H2,1H3. The molecule has 1 aliphatic heterocycles. The molecular formula is C11H17BN2O2. The van der Waals surface area contributed by atoms with Crippen LogP contribution < -0.4 is 10.4 Å². The summed E-state index contributed by atoms with van der Waals surface area (Å²) in [5.41, 5.74) is 1.53. The molecular weight excluding hydrogens is 203 g/mol. The molecule has 0 aliphatic carbocycles. The Morgan fingerprint density at radius 3 is 2.31 bits per heavy atom. The second-order valence-corrected chi connectivity index (χ2v) is 4.22. The Morgan fingerprint density at radius 2 is 1.69 bits per heavy atom. The van der Waals surface area contributed by atoms with Crippen molar-refractivity contribution in [3.63, 3.8) is 0 Å². The Bertz CT molecular complexity index is 352. The van der Waals surface area contributed by atoms with Gasteiger partial charge in [0.25, 0.3) is 0 Å². The van der Waals surface area contributed by atoms with E-state index < -0.39 is 7.12 Å². The molecule has 0 amide bonds. The average Bonchev–Trinajstić information content (AvgIpc) is 2.30. The Morgan fingerprint density at radius 1 is 1.06 bits per heavy atom. The summed E-state index contributed by atoms with van der Waals surface area (Å²) in [6.07, 6.45) is 0. The van der Waals surface area contributed by atoms with Crippen molar-refractivity contribution in [2.75, 3.05) is 38.1 Å². The Kier molecular flexibility index (Phi) is 3.48. The van der Waals surface area contributed by atoms with Crippen LogP contribution in [-0.2, 0) is 0 Å². The summed E-state index contributed by atoms with van der Waals surface area (Å²) >= 11 is 0. The highest BCUT2D eigenvalue weighted by atomic mass is 16.4. The van der Waals surface area contributed by atoms with Crippen LogP contribution in [0.2, 0.25) is 0 Å². The van der Waals surface area contributed by atoms with Gasteiger partial charge in [-0.3, -0.25) is 0 Å². The molecule has 1 fully saturated rings. The van der Waals surface area contributed by atoms with Gasteiger partial charge < -0.3 is 19.8 Å². The van der Waals surface area contributed by atoms with Crippen molar-refractivity contribution in [3.8, 4) is 0 Å². The normalized spacial score (nSPS) is 17.6. The molecule has 86 valence electrons. The molecule has 0 atom stereocenters. The third-order valence-corrected chi connectivity index (χ3v) is 3.06. The van der Waals surface area contributed by atoms with Crippen molar-refractivity contribution in [3.05, 3.63) is 24.3 Å². The number of likely N-dealkylation sites (N-methyl/N-ethyl adjacent to an activating group) is 1. The lowest BCUT2D eigenvalue weighted by Gasteiger charge is -2.35. The van der Waals surface area contributed by atoms with Gasteiger partial charge in [0.2, 0.25) is 0 Å². The fourth-order valence-electron chi connectivity index (χ4n) is 2.04. The number of anilines is 1. The van der Waals surface area contributed by atoms with Gasteiger partial charge in [-0.1, -0.05) is 18.2 Å². The largest absolute Gasteiger partial charge is 0.490 e. The van der Waals surface area contributed by atoms with Crippen LogP contribution in [0.15, 0.2) is 24.3 Å². The maximum atomic E-state index is 9.31. The van der Waals surface area contributed by atoms with Gasteiger partial charge in [-0.2, -0.15) is 0 Å². The van der Waals surface area contributed by atoms with Crippen molar-refractivity contribution < 1.29 is 10.0 Å². The zero-order valence-electron chi connectivity index (χ0n) is 9.50. The summed E-state index contributed by atoms with van der Waals surface area (Å²) in [6.45, 7) is 3.88. The summed E-state index contributed by atoms with van der Waals surface area (Å²) in [5.74, 6) is 0. The number of hydrogen-bond donors (Lipinski definition) is 2. The summed E-state index contributed by atoms with van der Waals surface area (Å²) in [5, 5.41) is 18.6. The van der Waals surface area contributed by atoms with Crippen LogP contribution in [0.25, 0.3) is 0 Å². The Labute approximate surface area is 96.3 Å². The van der Waals surface area contributed by atoms with E-state index in [9.17, 15) is 10.0 Å². The quantitative estimate of drug-likeness (QED) is 0.635. The molecule has 0 aromatic heterocycles. The molecule has 0 bridgehead atoms. The SMILES string of the molecule is CN1CCN(c2ccccc2B(O)O)CC1. The van der Waals surface area contributed by atoms with E-state index >= 15 is 0 Å². The molecule has 1 aromatic carbocycles. The predicted octanol–water partition coefficient (Wildman–Crippen LogP) is -0.882. The molecule has 0 saturated carbocycles. The molecule has 0 unspecified atom stereocenters. The molecule has 4 nitrogen and oxygen atoms in total. The number of benzene rings is 1. The van der Waals surface area contributed by atoms with E-state index in [0.717, 1.165) is 31.9 Å². The third kappa shape index (κ3) is 2.37. The molecule has 16 heavy (non-hydrogen) atoms. The molecule has 0 spiro atoms. The smallest absolute Gasteiger partial charge is 0.423 e. The number of para-hydroxylation sites is 1. The van der Waals surface area contributed by atoms with Crippen molar-refractivity contribution in [2.24, 2.45) is 0 Å². The summed E-state index contributed by atoms with van der Waals surface area (Å²) in [6, 6.07) is 7.46. The molecule has 5 heteroatoms. The lowest BCUT2D eigenvalue weighted by molar-refractivity contribution is 0.313. The van der Waals surface area contributed by atoms with Gasteiger partial charge in [-0.05, 0) is 13.1 Å². The number of nitrogens with zero attached hydrogens (tertiary/aromatic N) is 2. The van der Waals surface area contributed by atoms with Crippen molar-refractivity contribution in [1.29, 1.82) is 0 Å². The molecule has 2 N–H and O–H groups in total. The predicted molar refractivity (Wildman–Crippen MR) is 66.0 cm³/mol. The highest BCUT2D eigenvalue weighted by molar-refractivity contribution is 6.60. The summed E-state index contributed by atoms with van der Waals surface area (Å²) in [7, 11) is 0.709. The maximum Gasteiger partial charge on any atom is 0.490 e. The minimum absolute atomic E-state index is 0.590.